The Labute approximate surface area is 135 Å². The van der Waals surface area contributed by atoms with E-state index >= 15 is 0 Å². The molecule has 1 aromatic carbocycles. The number of halogens is 2. The Kier molecular flexibility index (Phi) is 5.69. The molecule has 22 heavy (non-hydrogen) atoms. The first-order valence-corrected chi connectivity index (χ1v) is 7.53. The van der Waals surface area contributed by atoms with Crippen LogP contribution < -0.4 is 10.5 Å². The highest BCUT2D eigenvalue weighted by Crippen LogP contribution is 2.34. The smallest absolute Gasteiger partial charge is 0.185 e. The molecule has 2 aromatic rings. The maximum Gasteiger partial charge on any atom is 0.185 e. The lowest BCUT2D eigenvalue weighted by molar-refractivity contribution is 0.159. The second kappa shape index (κ2) is 7.51. The molecule has 3 N–H and O–H groups in total. The van der Waals surface area contributed by atoms with Crippen LogP contribution in [-0.4, -0.2) is 22.1 Å². The van der Waals surface area contributed by atoms with Gasteiger partial charge in [-0.1, -0.05) is 11.6 Å². The van der Waals surface area contributed by atoms with E-state index in [-0.39, 0.29) is 29.4 Å². The van der Waals surface area contributed by atoms with Gasteiger partial charge in [-0.3, -0.25) is 0 Å². The van der Waals surface area contributed by atoms with Gasteiger partial charge in [0, 0.05) is 18.7 Å². The van der Waals surface area contributed by atoms with Crippen LogP contribution in [0.15, 0.2) is 24.4 Å². The van der Waals surface area contributed by atoms with Gasteiger partial charge in [0.2, 0.25) is 0 Å². The largest absolute Gasteiger partial charge is 0.480 e. The summed E-state index contributed by atoms with van der Waals surface area (Å²) in [5.41, 5.74) is 5.78. The van der Waals surface area contributed by atoms with Crippen LogP contribution in [0.4, 0.5) is 4.39 Å². The van der Waals surface area contributed by atoms with E-state index in [1.165, 1.54) is 23.7 Å². The number of aromatic nitrogens is 1. The van der Waals surface area contributed by atoms with Crippen LogP contribution in [0.3, 0.4) is 0 Å². The molecule has 8 heteroatoms. The van der Waals surface area contributed by atoms with Crippen LogP contribution in [0.25, 0.3) is 0 Å². The monoisotopic (exact) mass is 341 g/mol. The van der Waals surface area contributed by atoms with Gasteiger partial charge >= 0.3 is 0 Å². The van der Waals surface area contributed by atoms with E-state index in [4.69, 9.17) is 32.4 Å². The van der Waals surface area contributed by atoms with Crippen molar-refractivity contribution in [3.05, 3.63) is 45.7 Å². The van der Waals surface area contributed by atoms with Gasteiger partial charge in [-0.05, 0) is 29.7 Å². The summed E-state index contributed by atoms with van der Waals surface area (Å²) in [4.78, 5) is 0.715. The van der Waals surface area contributed by atoms with Gasteiger partial charge in [0.05, 0.1) is 22.1 Å². The van der Waals surface area contributed by atoms with Crippen molar-refractivity contribution in [3.63, 3.8) is 0 Å². The zero-order chi connectivity index (χ0) is 16.1. The molecule has 2 rings (SSSR count). The number of ether oxygens (including phenoxy) is 1. The predicted molar refractivity (Wildman–Crippen MR) is 81.3 cm³/mol. The Hall–Kier alpha value is -1.72. The van der Waals surface area contributed by atoms with Gasteiger partial charge in [0.15, 0.2) is 11.6 Å². The Morgan fingerprint density at radius 3 is 2.86 bits per heavy atom. The van der Waals surface area contributed by atoms with Crippen LogP contribution in [0.1, 0.15) is 23.0 Å². The Morgan fingerprint density at radius 2 is 2.27 bits per heavy atom. The molecule has 0 amide bonds. The van der Waals surface area contributed by atoms with Crippen LogP contribution in [-0.2, 0) is 0 Å². The molecule has 2 atom stereocenters. The van der Waals surface area contributed by atoms with Crippen molar-refractivity contribution in [1.82, 2.24) is 4.37 Å². The summed E-state index contributed by atoms with van der Waals surface area (Å²) in [6.07, 6.45) is 1.20. The Bertz CT molecular complexity index is 675. The van der Waals surface area contributed by atoms with Crippen LogP contribution in [0.2, 0.25) is 5.02 Å². The van der Waals surface area contributed by atoms with Crippen LogP contribution in [0, 0.1) is 17.1 Å². The summed E-state index contributed by atoms with van der Waals surface area (Å²) in [5.74, 6) is -1.02. The first-order chi connectivity index (χ1) is 10.6. The van der Waals surface area contributed by atoms with E-state index in [1.807, 2.05) is 6.07 Å². The van der Waals surface area contributed by atoms with Gasteiger partial charge in [0.1, 0.15) is 12.2 Å². The highest BCUT2D eigenvalue weighted by molar-refractivity contribution is 7.05. The van der Waals surface area contributed by atoms with Crippen molar-refractivity contribution in [3.8, 4) is 11.8 Å². The number of nitrogens with two attached hydrogens (primary N) is 1. The third-order valence-electron chi connectivity index (χ3n) is 2.96. The summed E-state index contributed by atoms with van der Waals surface area (Å²) in [6.45, 7) is -0.234. The molecule has 1 heterocycles. The van der Waals surface area contributed by atoms with E-state index in [0.29, 0.717) is 4.88 Å². The quantitative estimate of drug-likeness (QED) is 0.842. The molecule has 0 aliphatic rings. The molecule has 0 spiro atoms. The molecule has 0 aliphatic carbocycles. The van der Waals surface area contributed by atoms with Crippen molar-refractivity contribution in [2.75, 3.05) is 6.61 Å². The number of benzene rings is 1. The summed E-state index contributed by atoms with van der Waals surface area (Å²) in [6, 6.07) is 5.72. The van der Waals surface area contributed by atoms with Gasteiger partial charge in [-0.25, -0.2) is 8.76 Å². The molecule has 116 valence electrons. The van der Waals surface area contributed by atoms with Crippen molar-refractivity contribution in [2.45, 2.75) is 18.6 Å². The maximum absolute atomic E-state index is 14.2. The first-order valence-electron chi connectivity index (χ1n) is 6.38. The summed E-state index contributed by atoms with van der Waals surface area (Å²) >= 11 is 6.92. The van der Waals surface area contributed by atoms with E-state index in [2.05, 4.69) is 4.37 Å². The summed E-state index contributed by atoms with van der Waals surface area (Å²) in [7, 11) is 0. The van der Waals surface area contributed by atoms with Gasteiger partial charge in [0.25, 0.3) is 0 Å². The fourth-order valence-corrected chi connectivity index (χ4v) is 2.62. The number of aliphatic hydroxyl groups excluding tert-OH is 1. The Morgan fingerprint density at radius 1 is 1.50 bits per heavy atom. The second-order valence-corrected chi connectivity index (χ2v) is 5.82. The molecule has 0 fully saturated rings. The molecule has 0 aliphatic heterocycles. The lowest BCUT2D eigenvalue weighted by Gasteiger charge is -2.21. The van der Waals surface area contributed by atoms with E-state index < -0.39 is 18.0 Å². The van der Waals surface area contributed by atoms with Crippen molar-refractivity contribution < 1.29 is 14.2 Å². The zero-order valence-corrected chi connectivity index (χ0v) is 12.9. The van der Waals surface area contributed by atoms with Crippen LogP contribution in [0.5, 0.6) is 5.75 Å². The standard InChI is InChI=1S/C14H13ClFN3O2S/c15-10-2-1-8(6-17)14(13(10)16)21-11(5-9(18)7-20)12-3-4-19-22-12/h1-4,9,11,20H,5,7,18H2/t9-,11+/m0/s1. The SMILES string of the molecule is N#Cc1ccc(Cl)c(F)c1O[C@H](C[C@H](N)CO)c1ccns1. The lowest BCUT2D eigenvalue weighted by Crippen LogP contribution is -2.28. The Balaban J connectivity index is 2.36. The lowest BCUT2D eigenvalue weighted by atomic mass is 10.1. The fraction of sp³-hybridized carbons (Fsp3) is 0.286. The normalized spacial score (nSPS) is 13.4. The van der Waals surface area contributed by atoms with Gasteiger partial charge < -0.3 is 15.6 Å². The molecule has 0 saturated heterocycles. The second-order valence-electron chi connectivity index (χ2n) is 4.55. The molecule has 1 aromatic heterocycles. The molecule has 0 saturated carbocycles. The molecule has 5 nitrogen and oxygen atoms in total. The average Bonchev–Trinajstić information content (AvgIpc) is 3.05. The minimum absolute atomic E-state index is 0.0361. The average molecular weight is 342 g/mol. The molecular formula is C14H13ClFN3O2S. The van der Waals surface area contributed by atoms with E-state index in [0.717, 1.165) is 0 Å². The van der Waals surface area contributed by atoms with Crippen molar-refractivity contribution in [2.24, 2.45) is 5.73 Å². The maximum atomic E-state index is 14.2. The highest BCUT2D eigenvalue weighted by Gasteiger charge is 2.23. The van der Waals surface area contributed by atoms with Crippen LogP contribution >= 0.6 is 23.1 Å². The number of aliphatic hydroxyl groups is 1. The fourth-order valence-electron chi connectivity index (χ4n) is 1.84. The number of nitrogens with zero attached hydrogens (tertiary/aromatic N) is 2. The summed E-state index contributed by atoms with van der Waals surface area (Å²) < 4.78 is 23.8. The number of rotatable bonds is 6. The number of hydrogen-bond acceptors (Lipinski definition) is 6. The molecule has 0 bridgehead atoms. The minimum atomic E-state index is -0.798. The zero-order valence-electron chi connectivity index (χ0n) is 11.4. The third-order valence-corrected chi connectivity index (χ3v) is 4.09. The van der Waals surface area contributed by atoms with Gasteiger partial charge in [-0.2, -0.15) is 5.26 Å². The predicted octanol–water partition coefficient (Wildman–Crippen LogP) is 2.64. The van der Waals surface area contributed by atoms with Crippen molar-refractivity contribution >= 4 is 23.1 Å². The number of nitriles is 1. The molecule has 0 unspecified atom stereocenters. The minimum Gasteiger partial charge on any atom is -0.480 e. The highest BCUT2D eigenvalue weighted by atomic mass is 35.5. The number of hydrogen-bond donors (Lipinski definition) is 2. The van der Waals surface area contributed by atoms with E-state index in [9.17, 15) is 4.39 Å². The van der Waals surface area contributed by atoms with E-state index in [1.54, 1.807) is 12.3 Å². The van der Waals surface area contributed by atoms with Crippen molar-refractivity contribution in [1.29, 1.82) is 5.26 Å². The van der Waals surface area contributed by atoms with Gasteiger partial charge in [-0.15, -0.1) is 0 Å². The third kappa shape index (κ3) is 3.72. The summed E-state index contributed by atoms with van der Waals surface area (Å²) in [5, 5.41) is 18.1. The molecule has 0 radical (unpaired) electrons. The molecular weight excluding hydrogens is 329 g/mol. The topological polar surface area (TPSA) is 92.2 Å². The first kappa shape index (κ1) is 16.6.